The molecule has 6 heteroatoms. The van der Waals surface area contributed by atoms with Crippen LogP contribution in [0.25, 0.3) is 0 Å². The number of benzene rings is 1. The molecule has 1 aromatic carbocycles. The number of carbonyl (C=O) groups excluding carboxylic acids is 2. The molecule has 1 amide bonds. The normalized spacial score (nSPS) is 20.7. The summed E-state index contributed by atoms with van der Waals surface area (Å²) in [5.41, 5.74) is -0.714. The van der Waals surface area contributed by atoms with Crippen LogP contribution in [-0.4, -0.2) is 23.8 Å². The fourth-order valence-corrected chi connectivity index (χ4v) is 3.55. The fourth-order valence-electron chi connectivity index (χ4n) is 2.57. The lowest BCUT2D eigenvalue weighted by atomic mass is 9.89. The summed E-state index contributed by atoms with van der Waals surface area (Å²) in [5.74, 6) is -0.785. The molecule has 21 heavy (non-hydrogen) atoms. The summed E-state index contributed by atoms with van der Waals surface area (Å²) in [6.45, 7) is 0. The topological polar surface area (TPSA) is 57.6 Å². The van der Waals surface area contributed by atoms with E-state index in [1.54, 1.807) is 43.4 Å². The molecule has 2 aromatic rings. The van der Waals surface area contributed by atoms with Crippen molar-refractivity contribution < 1.29 is 14.7 Å². The van der Waals surface area contributed by atoms with Gasteiger partial charge in [-0.3, -0.25) is 9.59 Å². The van der Waals surface area contributed by atoms with Gasteiger partial charge in [-0.25, -0.2) is 0 Å². The Morgan fingerprint density at radius 2 is 2.05 bits per heavy atom. The van der Waals surface area contributed by atoms with E-state index in [0.29, 0.717) is 20.5 Å². The zero-order valence-corrected chi connectivity index (χ0v) is 12.7. The van der Waals surface area contributed by atoms with Crippen LogP contribution in [0.4, 0.5) is 5.69 Å². The Balaban J connectivity index is 1.97. The average molecular weight is 322 g/mol. The molecule has 1 atom stereocenters. The minimum Gasteiger partial charge on any atom is -0.375 e. The van der Waals surface area contributed by atoms with Crippen LogP contribution >= 0.6 is 22.9 Å². The molecule has 0 unspecified atom stereocenters. The number of ketones is 1. The molecule has 0 bridgehead atoms. The second-order valence-electron chi connectivity index (χ2n) is 4.95. The van der Waals surface area contributed by atoms with Crippen LogP contribution < -0.4 is 4.90 Å². The number of Topliss-reactive ketones (excluding diaryl/α,β-unsaturated/α-hetero) is 1. The van der Waals surface area contributed by atoms with Crippen LogP contribution in [-0.2, 0) is 10.4 Å². The van der Waals surface area contributed by atoms with Gasteiger partial charge in [0.25, 0.3) is 5.91 Å². The first-order valence-electron chi connectivity index (χ1n) is 6.32. The van der Waals surface area contributed by atoms with Gasteiger partial charge in [0.05, 0.1) is 21.3 Å². The quantitative estimate of drug-likeness (QED) is 0.884. The number of fused-ring (bicyclic) bond motifs is 1. The van der Waals surface area contributed by atoms with Gasteiger partial charge >= 0.3 is 0 Å². The van der Waals surface area contributed by atoms with E-state index in [-0.39, 0.29) is 12.2 Å². The average Bonchev–Trinajstić information content (AvgIpc) is 2.98. The summed E-state index contributed by atoms with van der Waals surface area (Å²) in [6.07, 6.45) is -0.288. The second kappa shape index (κ2) is 4.94. The molecule has 0 saturated carbocycles. The number of anilines is 1. The predicted molar refractivity (Wildman–Crippen MR) is 82.0 cm³/mol. The molecule has 1 aromatic heterocycles. The number of para-hydroxylation sites is 1. The first kappa shape index (κ1) is 14.3. The predicted octanol–water partition coefficient (Wildman–Crippen LogP) is 2.84. The van der Waals surface area contributed by atoms with Gasteiger partial charge in [-0.1, -0.05) is 29.8 Å². The molecular formula is C15H12ClNO3S. The van der Waals surface area contributed by atoms with Gasteiger partial charge in [-0.05, 0) is 18.2 Å². The number of aliphatic hydroxyl groups is 1. The maximum absolute atomic E-state index is 12.4. The van der Waals surface area contributed by atoms with Crippen molar-refractivity contribution in [3.63, 3.8) is 0 Å². The van der Waals surface area contributed by atoms with Crippen LogP contribution in [0, 0.1) is 0 Å². The Kier molecular flexibility index (Phi) is 3.36. The maximum Gasteiger partial charge on any atom is 0.263 e. The van der Waals surface area contributed by atoms with Gasteiger partial charge in [-0.2, -0.15) is 0 Å². The van der Waals surface area contributed by atoms with Crippen molar-refractivity contribution in [2.75, 3.05) is 11.9 Å². The van der Waals surface area contributed by atoms with Crippen LogP contribution in [0.15, 0.2) is 36.4 Å². The van der Waals surface area contributed by atoms with E-state index in [2.05, 4.69) is 0 Å². The zero-order chi connectivity index (χ0) is 15.2. The molecule has 3 rings (SSSR count). The molecule has 0 spiro atoms. The minimum absolute atomic E-state index is 0.288. The van der Waals surface area contributed by atoms with Gasteiger partial charge in [0, 0.05) is 12.6 Å². The number of carbonyl (C=O) groups is 2. The van der Waals surface area contributed by atoms with E-state index < -0.39 is 11.5 Å². The Hall–Kier alpha value is -1.69. The van der Waals surface area contributed by atoms with Gasteiger partial charge in [0.2, 0.25) is 0 Å². The number of likely N-dealkylation sites (N-methyl/N-ethyl adjacent to an activating group) is 1. The summed E-state index contributed by atoms with van der Waals surface area (Å²) >= 11 is 6.96. The molecule has 0 radical (unpaired) electrons. The Bertz CT molecular complexity index is 742. The Morgan fingerprint density at radius 3 is 2.71 bits per heavy atom. The van der Waals surface area contributed by atoms with Crippen molar-refractivity contribution in [3.8, 4) is 0 Å². The van der Waals surface area contributed by atoms with E-state index in [1.807, 2.05) is 0 Å². The number of rotatable bonds is 3. The van der Waals surface area contributed by atoms with Gasteiger partial charge in [0.1, 0.15) is 0 Å². The molecular weight excluding hydrogens is 310 g/mol. The molecule has 4 nitrogen and oxygen atoms in total. The fraction of sp³-hybridized carbons (Fsp3) is 0.200. The largest absolute Gasteiger partial charge is 0.375 e. The first-order valence-corrected chi connectivity index (χ1v) is 7.51. The third-order valence-corrected chi connectivity index (χ3v) is 4.91. The summed E-state index contributed by atoms with van der Waals surface area (Å²) in [6, 6.07) is 10.2. The number of thiophene rings is 1. The van der Waals surface area contributed by atoms with Crippen LogP contribution in [0.1, 0.15) is 21.7 Å². The molecule has 1 aliphatic rings. The molecule has 1 N–H and O–H groups in total. The van der Waals surface area contributed by atoms with Crippen LogP contribution in [0.5, 0.6) is 0 Å². The highest BCUT2D eigenvalue weighted by molar-refractivity contribution is 7.18. The van der Waals surface area contributed by atoms with Gasteiger partial charge < -0.3 is 10.0 Å². The molecule has 108 valence electrons. The van der Waals surface area contributed by atoms with Gasteiger partial charge in [-0.15, -0.1) is 11.3 Å². The van der Waals surface area contributed by atoms with Crippen molar-refractivity contribution in [1.82, 2.24) is 0 Å². The molecule has 0 saturated heterocycles. The standard InChI is InChI=1S/C15H12ClNO3S/c1-17-10-5-3-2-4-9(10)15(20,14(17)19)8-11(18)12-6-7-13(16)21-12/h2-7,20H,8H2,1H3/t15-/m0/s1. The van der Waals surface area contributed by atoms with E-state index in [9.17, 15) is 14.7 Å². The van der Waals surface area contributed by atoms with Crippen LogP contribution in [0.3, 0.4) is 0 Å². The van der Waals surface area contributed by atoms with E-state index in [1.165, 1.54) is 4.90 Å². The summed E-state index contributed by atoms with van der Waals surface area (Å²) in [7, 11) is 1.59. The molecule has 2 heterocycles. The van der Waals surface area contributed by atoms with E-state index in [0.717, 1.165) is 11.3 Å². The highest BCUT2D eigenvalue weighted by atomic mass is 35.5. The monoisotopic (exact) mass is 321 g/mol. The number of halogens is 1. The Morgan fingerprint density at radius 1 is 1.33 bits per heavy atom. The lowest BCUT2D eigenvalue weighted by molar-refractivity contribution is -0.135. The smallest absolute Gasteiger partial charge is 0.263 e. The summed E-state index contributed by atoms with van der Waals surface area (Å²) in [4.78, 5) is 26.5. The highest BCUT2D eigenvalue weighted by Crippen LogP contribution is 2.42. The third kappa shape index (κ3) is 2.18. The zero-order valence-electron chi connectivity index (χ0n) is 11.2. The first-order chi connectivity index (χ1) is 9.93. The third-order valence-electron chi connectivity index (χ3n) is 3.63. The lowest BCUT2D eigenvalue weighted by Gasteiger charge is -2.20. The summed E-state index contributed by atoms with van der Waals surface area (Å²) in [5, 5.41) is 10.8. The SMILES string of the molecule is CN1C(=O)[C@](O)(CC(=O)c2ccc(Cl)s2)c2ccccc21. The summed E-state index contributed by atoms with van der Waals surface area (Å²) < 4.78 is 0.501. The molecule has 0 aliphatic carbocycles. The van der Waals surface area contributed by atoms with E-state index in [4.69, 9.17) is 11.6 Å². The van der Waals surface area contributed by atoms with Crippen molar-refractivity contribution in [2.45, 2.75) is 12.0 Å². The molecule has 0 fully saturated rings. The number of amides is 1. The van der Waals surface area contributed by atoms with Crippen LogP contribution in [0.2, 0.25) is 4.34 Å². The molecule has 1 aliphatic heterocycles. The van der Waals surface area contributed by atoms with Crippen molar-refractivity contribution in [3.05, 3.63) is 51.2 Å². The Labute approximate surface area is 130 Å². The van der Waals surface area contributed by atoms with Crippen molar-refractivity contribution >= 4 is 40.3 Å². The highest BCUT2D eigenvalue weighted by Gasteiger charge is 2.49. The second-order valence-corrected chi connectivity index (χ2v) is 6.66. The van der Waals surface area contributed by atoms with E-state index >= 15 is 0 Å². The van der Waals surface area contributed by atoms with Crippen molar-refractivity contribution in [2.24, 2.45) is 0 Å². The number of hydrogen-bond acceptors (Lipinski definition) is 4. The van der Waals surface area contributed by atoms with Crippen molar-refractivity contribution in [1.29, 1.82) is 0 Å². The maximum atomic E-state index is 12.4. The number of nitrogens with zero attached hydrogens (tertiary/aromatic N) is 1. The number of hydrogen-bond donors (Lipinski definition) is 1. The minimum atomic E-state index is -1.81. The lowest BCUT2D eigenvalue weighted by Crippen LogP contribution is -2.40. The van der Waals surface area contributed by atoms with Gasteiger partial charge in [0.15, 0.2) is 11.4 Å².